The van der Waals surface area contributed by atoms with E-state index in [1.165, 1.54) is 12.1 Å². The van der Waals surface area contributed by atoms with Gasteiger partial charge in [-0.2, -0.15) is 0 Å². The molecule has 6 nitrogen and oxygen atoms in total. The van der Waals surface area contributed by atoms with Crippen LogP contribution in [0, 0.1) is 12.7 Å². The van der Waals surface area contributed by atoms with Crippen LogP contribution in [0.25, 0.3) is 0 Å². The van der Waals surface area contributed by atoms with E-state index in [4.69, 9.17) is 0 Å². The summed E-state index contributed by atoms with van der Waals surface area (Å²) in [6.07, 6.45) is 1.71. The fraction of sp³-hybridized carbons (Fsp3) is 0.241. The lowest BCUT2D eigenvalue weighted by atomic mass is 9.99. The van der Waals surface area contributed by atoms with Crippen LogP contribution in [0.5, 0.6) is 5.75 Å². The lowest BCUT2D eigenvalue weighted by Gasteiger charge is -2.40. The largest absolute Gasteiger partial charge is 0.507 e. The molecule has 0 radical (unpaired) electrons. The maximum atomic E-state index is 13.9. The molecule has 0 bridgehead atoms. The second-order valence-electron chi connectivity index (χ2n) is 9.12. The molecule has 0 saturated carbocycles. The summed E-state index contributed by atoms with van der Waals surface area (Å²) in [6.45, 7) is 4.99. The number of halogens is 1. The highest BCUT2D eigenvalue weighted by atomic mass is 19.1. The third-order valence-electron chi connectivity index (χ3n) is 6.82. The Hall–Kier alpha value is -3.97. The van der Waals surface area contributed by atoms with Crippen LogP contribution in [-0.2, 0) is 6.54 Å². The molecule has 1 aliphatic rings. The maximum Gasteiger partial charge on any atom is 0.260 e. The molecule has 0 aliphatic carbocycles. The molecule has 7 heteroatoms. The highest BCUT2D eigenvalue weighted by Gasteiger charge is 2.32. The average molecular weight is 485 g/mol. The summed E-state index contributed by atoms with van der Waals surface area (Å²) in [4.78, 5) is 22.9. The van der Waals surface area contributed by atoms with Crippen LogP contribution in [0.15, 0.2) is 89.9 Å². The Bertz CT molecular complexity index is 1370. The molecule has 0 amide bonds. The molecule has 2 aromatic heterocycles. The first kappa shape index (κ1) is 23.8. The van der Waals surface area contributed by atoms with E-state index in [1.807, 2.05) is 55.5 Å². The number of pyridine rings is 2. The standard InChI is InChI=1S/C29H29FN4O2/c1-21-19-26(35)27(29(36)34(21)20-22-7-3-2-4-8-22)28(25-9-5-6-14-31-25)33-17-15-32(16-18-33)24-12-10-23(30)11-13-24/h2-14,19,28,35H,15-18,20H2,1H3/t28-/m1/s1. The molecule has 1 atom stereocenters. The SMILES string of the molecule is Cc1cc(O)c([C@@H](c2ccccn2)N2CCN(c3ccc(F)cc3)CC2)c(=O)n1Cc1ccccc1. The zero-order chi connectivity index (χ0) is 25.1. The number of piperazine rings is 1. The monoisotopic (exact) mass is 484 g/mol. The molecule has 1 N–H and O–H groups in total. The van der Waals surface area contributed by atoms with E-state index in [1.54, 1.807) is 29.0 Å². The second kappa shape index (κ2) is 10.3. The van der Waals surface area contributed by atoms with Crippen LogP contribution in [0.2, 0.25) is 0 Å². The number of aryl methyl sites for hydroxylation is 1. The van der Waals surface area contributed by atoms with Gasteiger partial charge in [0.2, 0.25) is 0 Å². The van der Waals surface area contributed by atoms with Gasteiger partial charge in [-0.25, -0.2) is 4.39 Å². The van der Waals surface area contributed by atoms with Gasteiger partial charge in [0.05, 0.1) is 23.8 Å². The van der Waals surface area contributed by atoms with Crippen molar-refractivity contribution in [2.45, 2.75) is 19.5 Å². The lowest BCUT2D eigenvalue weighted by Crippen LogP contribution is -2.49. The summed E-state index contributed by atoms with van der Waals surface area (Å²) < 4.78 is 15.1. The highest BCUT2D eigenvalue weighted by molar-refractivity contribution is 5.47. The van der Waals surface area contributed by atoms with E-state index in [2.05, 4.69) is 14.8 Å². The summed E-state index contributed by atoms with van der Waals surface area (Å²) in [6, 6.07) is 23.2. The maximum absolute atomic E-state index is 13.9. The summed E-state index contributed by atoms with van der Waals surface area (Å²) >= 11 is 0. The van der Waals surface area contributed by atoms with Crippen LogP contribution in [0.4, 0.5) is 10.1 Å². The van der Waals surface area contributed by atoms with Gasteiger partial charge in [-0.15, -0.1) is 0 Å². The molecule has 36 heavy (non-hydrogen) atoms. The van der Waals surface area contributed by atoms with E-state index in [0.29, 0.717) is 44.0 Å². The Morgan fingerprint density at radius 1 is 0.944 bits per heavy atom. The average Bonchev–Trinajstić information content (AvgIpc) is 2.91. The van der Waals surface area contributed by atoms with Crippen molar-refractivity contribution in [1.29, 1.82) is 0 Å². The summed E-state index contributed by atoms with van der Waals surface area (Å²) in [7, 11) is 0. The molecule has 1 aliphatic heterocycles. The number of hydrogen-bond acceptors (Lipinski definition) is 5. The number of anilines is 1. The van der Waals surface area contributed by atoms with Gasteiger partial charge < -0.3 is 14.6 Å². The van der Waals surface area contributed by atoms with Crippen molar-refractivity contribution in [2.24, 2.45) is 0 Å². The molecular formula is C29H29FN4O2. The minimum Gasteiger partial charge on any atom is -0.507 e. The zero-order valence-electron chi connectivity index (χ0n) is 20.2. The van der Waals surface area contributed by atoms with Gasteiger partial charge >= 0.3 is 0 Å². The van der Waals surface area contributed by atoms with Crippen molar-refractivity contribution < 1.29 is 9.50 Å². The van der Waals surface area contributed by atoms with Crippen LogP contribution in [0.1, 0.15) is 28.6 Å². The molecule has 0 unspecified atom stereocenters. The molecular weight excluding hydrogens is 455 g/mol. The van der Waals surface area contributed by atoms with Crippen molar-refractivity contribution in [3.05, 3.63) is 124 Å². The first-order valence-electron chi connectivity index (χ1n) is 12.1. The Labute approximate surface area is 209 Å². The van der Waals surface area contributed by atoms with Crippen LogP contribution in [0.3, 0.4) is 0 Å². The van der Waals surface area contributed by atoms with E-state index in [-0.39, 0.29) is 17.1 Å². The van der Waals surface area contributed by atoms with Crippen molar-refractivity contribution in [1.82, 2.24) is 14.5 Å². The van der Waals surface area contributed by atoms with Gasteiger partial charge in [-0.1, -0.05) is 36.4 Å². The highest BCUT2D eigenvalue weighted by Crippen LogP contribution is 2.33. The Morgan fingerprint density at radius 3 is 2.31 bits per heavy atom. The molecule has 1 saturated heterocycles. The van der Waals surface area contributed by atoms with Gasteiger partial charge in [0.1, 0.15) is 11.6 Å². The molecule has 5 rings (SSSR count). The van der Waals surface area contributed by atoms with Gasteiger partial charge in [0, 0.05) is 43.8 Å². The quantitative estimate of drug-likeness (QED) is 0.441. The minimum atomic E-state index is -0.489. The fourth-order valence-electron chi connectivity index (χ4n) is 4.93. The van der Waals surface area contributed by atoms with E-state index < -0.39 is 6.04 Å². The number of aromatic hydroxyl groups is 1. The first-order chi connectivity index (χ1) is 17.5. The summed E-state index contributed by atoms with van der Waals surface area (Å²) in [5, 5.41) is 11.1. The zero-order valence-corrected chi connectivity index (χ0v) is 20.2. The summed E-state index contributed by atoms with van der Waals surface area (Å²) in [5.41, 5.74) is 3.52. The number of aromatic nitrogens is 2. The van der Waals surface area contributed by atoms with Crippen molar-refractivity contribution >= 4 is 5.69 Å². The number of benzene rings is 2. The van der Waals surface area contributed by atoms with Crippen LogP contribution in [-0.4, -0.2) is 45.7 Å². The first-order valence-corrected chi connectivity index (χ1v) is 12.1. The van der Waals surface area contributed by atoms with Crippen molar-refractivity contribution in [3.63, 3.8) is 0 Å². The Balaban J connectivity index is 1.50. The Kier molecular flexibility index (Phi) is 6.82. The van der Waals surface area contributed by atoms with E-state index in [9.17, 15) is 14.3 Å². The van der Waals surface area contributed by atoms with Gasteiger partial charge in [-0.05, 0) is 55.0 Å². The van der Waals surface area contributed by atoms with Gasteiger partial charge in [0.25, 0.3) is 5.56 Å². The predicted octanol–water partition coefficient (Wildman–Crippen LogP) is 4.36. The third kappa shape index (κ3) is 4.88. The van der Waals surface area contributed by atoms with E-state index in [0.717, 1.165) is 16.9 Å². The van der Waals surface area contributed by atoms with Crippen LogP contribution < -0.4 is 10.5 Å². The smallest absolute Gasteiger partial charge is 0.260 e. The molecule has 2 aromatic carbocycles. The van der Waals surface area contributed by atoms with Crippen molar-refractivity contribution in [2.75, 3.05) is 31.1 Å². The normalized spacial score (nSPS) is 15.1. The number of rotatable bonds is 6. The fourth-order valence-corrected chi connectivity index (χ4v) is 4.93. The summed E-state index contributed by atoms with van der Waals surface area (Å²) in [5.74, 6) is -0.271. The Morgan fingerprint density at radius 2 is 1.64 bits per heavy atom. The molecule has 3 heterocycles. The number of hydrogen-bond donors (Lipinski definition) is 1. The third-order valence-corrected chi connectivity index (χ3v) is 6.82. The van der Waals surface area contributed by atoms with Crippen molar-refractivity contribution in [3.8, 4) is 5.75 Å². The molecule has 0 spiro atoms. The minimum absolute atomic E-state index is 0.0153. The van der Waals surface area contributed by atoms with Gasteiger partial charge in [-0.3, -0.25) is 14.7 Å². The predicted molar refractivity (Wildman–Crippen MR) is 139 cm³/mol. The number of nitrogens with zero attached hydrogens (tertiary/aromatic N) is 4. The lowest BCUT2D eigenvalue weighted by molar-refractivity contribution is 0.204. The molecule has 184 valence electrons. The van der Waals surface area contributed by atoms with E-state index >= 15 is 0 Å². The van der Waals surface area contributed by atoms with Crippen LogP contribution >= 0.6 is 0 Å². The second-order valence-corrected chi connectivity index (χ2v) is 9.12. The molecule has 1 fully saturated rings. The molecule has 4 aromatic rings. The topological polar surface area (TPSA) is 61.6 Å². The van der Waals surface area contributed by atoms with Gasteiger partial charge in [0.15, 0.2) is 0 Å².